The highest BCUT2D eigenvalue weighted by atomic mass is 19.1. The molecular weight excluding hydrogens is 323 g/mol. The summed E-state index contributed by atoms with van der Waals surface area (Å²) in [7, 11) is 0. The second-order valence-electron chi connectivity index (χ2n) is 4.42. The minimum absolute atomic E-state index is 0.200. The molecular formula is C15H11FN2O6. The monoisotopic (exact) mass is 334 g/mol. The Bertz CT molecular complexity index is 785. The van der Waals surface area contributed by atoms with Crippen LogP contribution in [0.4, 0.5) is 15.8 Å². The van der Waals surface area contributed by atoms with E-state index in [1.807, 2.05) is 0 Å². The Kier molecular flexibility index (Phi) is 5.40. The number of esters is 1. The van der Waals surface area contributed by atoms with Crippen LogP contribution in [0, 0.1) is 15.9 Å². The molecule has 124 valence electrons. The maximum absolute atomic E-state index is 13.0. The van der Waals surface area contributed by atoms with Gasteiger partial charge in [-0.15, -0.1) is 0 Å². The molecule has 1 heterocycles. The molecule has 0 aliphatic rings. The number of hydrogen-bond donors (Lipinski definition) is 1. The molecule has 0 atom stereocenters. The summed E-state index contributed by atoms with van der Waals surface area (Å²) in [5.41, 5.74) is -0.805. The van der Waals surface area contributed by atoms with E-state index in [2.05, 4.69) is 10.1 Å². The van der Waals surface area contributed by atoms with Gasteiger partial charge in [-0.2, -0.15) is 0 Å². The summed E-state index contributed by atoms with van der Waals surface area (Å²) in [6, 6.07) is 5.93. The van der Waals surface area contributed by atoms with Crippen molar-refractivity contribution in [2.75, 3.05) is 11.9 Å². The third-order valence-corrected chi connectivity index (χ3v) is 2.70. The first-order valence-electron chi connectivity index (χ1n) is 6.58. The molecule has 0 saturated carbocycles. The van der Waals surface area contributed by atoms with Gasteiger partial charge in [-0.3, -0.25) is 14.9 Å². The molecule has 0 spiro atoms. The number of carbonyl (C=O) groups excluding carboxylic acids is 2. The summed E-state index contributed by atoms with van der Waals surface area (Å²) < 4.78 is 22.6. The summed E-state index contributed by atoms with van der Waals surface area (Å²) in [5, 5.41) is 13.0. The Morgan fingerprint density at radius 2 is 2.17 bits per heavy atom. The molecule has 0 saturated heterocycles. The molecule has 24 heavy (non-hydrogen) atoms. The maximum Gasteiger partial charge on any atom is 0.331 e. The number of carbonyl (C=O) groups is 2. The van der Waals surface area contributed by atoms with Crippen molar-refractivity contribution in [1.29, 1.82) is 0 Å². The summed E-state index contributed by atoms with van der Waals surface area (Å²) in [6.45, 7) is -0.657. The fraction of sp³-hybridized carbons (Fsp3) is 0.0667. The van der Waals surface area contributed by atoms with Crippen molar-refractivity contribution in [3.63, 3.8) is 0 Å². The number of amides is 1. The molecule has 0 fully saturated rings. The van der Waals surface area contributed by atoms with Crippen LogP contribution in [0.1, 0.15) is 5.76 Å². The standard InChI is InChI=1S/C15H11FN2O6/c16-10-3-5-12(13(8-10)18(21)22)17-14(19)9-24-15(20)6-4-11-2-1-7-23-11/h1-8H,9H2,(H,17,19). The number of nitro benzene ring substituents is 1. The van der Waals surface area contributed by atoms with Crippen LogP contribution in [0.15, 0.2) is 47.1 Å². The average molecular weight is 334 g/mol. The number of anilines is 1. The largest absolute Gasteiger partial charge is 0.465 e. The minimum atomic E-state index is -0.837. The van der Waals surface area contributed by atoms with Gasteiger partial charge in [0, 0.05) is 6.08 Å². The second kappa shape index (κ2) is 7.68. The van der Waals surface area contributed by atoms with Crippen molar-refractivity contribution in [1.82, 2.24) is 0 Å². The van der Waals surface area contributed by atoms with Crippen molar-refractivity contribution < 1.29 is 28.1 Å². The first kappa shape index (κ1) is 16.9. The molecule has 9 heteroatoms. The molecule has 0 radical (unpaired) electrons. The normalized spacial score (nSPS) is 10.5. The number of ether oxygens (including phenoxy) is 1. The summed E-state index contributed by atoms with van der Waals surface area (Å²) in [5.74, 6) is -1.98. The topological polar surface area (TPSA) is 112 Å². The Hall–Kier alpha value is -3.49. The van der Waals surface area contributed by atoms with Crippen LogP contribution in [-0.4, -0.2) is 23.4 Å². The highest BCUT2D eigenvalue weighted by molar-refractivity contribution is 5.96. The quantitative estimate of drug-likeness (QED) is 0.376. The second-order valence-corrected chi connectivity index (χ2v) is 4.42. The van der Waals surface area contributed by atoms with Gasteiger partial charge in [0.15, 0.2) is 6.61 Å². The van der Waals surface area contributed by atoms with Crippen LogP contribution in [0.3, 0.4) is 0 Å². The van der Waals surface area contributed by atoms with Gasteiger partial charge in [0.1, 0.15) is 17.3 Å². The minimum Gasteiger partial charge on any atom is -0.465 e. The third-order valence-electron chi connectivity index (χ3n) is 2.70. The van der Waals surface area contributed by atoms with Crippen LogP contribution in [-0.2, 0) is 14.3 Å². The zero-order valence-corrected chi connectivity index (χ0v) is 12.1. The zero-order chi connectivity index (χ0) is 17.5. The first-order valence-corrected chi connectivity index (χ1v) is 6.58. The molecule has 1 amide bonds. The Morgan fingerprint density at radius 1 is 1.38 bits per heavy atom. The summed E-state index contributed by atoms with van der Waals surface area (Å²) in [4.78, 5) is 33.1. The number of rotatable bonds is 6. The predicted octanol–water partition coefficient (Wildman–Crippen LogP) is 2.52. The van der Waals surface area contributed by atoms with Crippen LogP contribution in [0.25, 0.3) is 6.08 Å². The SMILES string of the molecule is O=C(COC(=O)C=Cc1ccco1)Nc1ccc(F)cc1[N+](=O)[O-]. The van der Waals surface area contributed by atoms with Gasteiger partial charge in [-0.1, -0.05) is 0 Å². The van der Waals surface area contributed by atoms with Gasteiger partial charge < -0.3 is 14.5 Å². The van der Waals surface area contributed by atoms with Gasteiger partial charge in [0.2, 0.25) is 0 Å². The lowest BCUT2D eigenvalue weighted by atomic mass is 10.2. The molecule has 0 unspecified atom stereocenters. The van der Waals surface area contributed by atoms with Crippen LogP contribution in [0.2, 0.25) is 0 Å². The molecule has 2 aromatic rings. The van der Waals surface area contributed by atoms with E-state index in [4.69, 9.17) is 4.42 Å². The third kappa shape index (κ3) is 4.77. The fourth-order valence-corrected chi connectivity index (χ4v) is 1.67. The number of benzene rings is 1. The number of hydrogen-bond acceptors (Lipinski definition) is 6. The number of halogens is 1. The molecule has 1 N–H and O–H groups in total. The maximum atomic E-state index is 13.0. The smallest absolute Gasteiger partial charge is 0.331 e. The van der Waals surface area contributed by atoms with Crippen molar-refractivity contribution in [2.45, 2.75) is 0 Å². The lowest BCUT2D eigenvalue weighted by Gasteiger charge is -2.06. The van der Waals surface area contributed by atoms with Gasteiger partial charge >= 0.3 is 5.97 Å². The van der Waals surface area contributed by atoms with E-state index in [9.17, 15) is 24.1 Å². The van der Waals surface area contributed by atoms with Gasteiger partial charge in [0.25, 0.3) is 11.6 Å². The first-order chi connectivity index (χ1) is 11.5. The predicted molar refractivity (Wildman–Crippen MR) is 80.4 cm³/mol. The van der Waals surface area contributed by atoms with E-state index >= 15 is 0 Å². The lowest BCUT2D eigenvalue weighted by molar-refractivity contribution is -0.384. The molecule has 0 bridgehead atoms. The molecule has 1 aromatic heterocycles. The number of nitrogens with one attached hydrogen (secondary N) is 1. The highest BCUT2D eigenvalue weighted by Gasteiger charge is 2.17. The van der Waals surface area contributed by atoms with E-state index in [0.29, 0.717) is 11.8 Å². The molecule has 1 aromatic carbocycles. The number of nitro groups is 1. The Balaban J connectivity index is 1.89. The van der Waals surface area contributed by atoms with Gasteiger partial charge in [-0.25, -0.2) is 9.18 Å². The molecule has 0 aliphatic carbocycles. The summed E-state index contributed by atoms with van der Waals surface area (Å²) >= 11 is 0. The zero-order valence-electron chi connectivity index (χ0n) is 12.1. The van der Waals surface area contributed by atoms with Crippen molar-refractivity contribution in [3.8, 4) is 0 Å². The van der Waals surface area contributed by atoms with Crippen LogP contribution >= 0.6 is 0 Å². The molecule has 2 rings (SSSR count). The van der Waals surface area contributed by atoms with E-state index in [-0.39, 0.29) is 5.69 Å². The van der Waals surface area contributed by atoms with Crippen molar-refractivity contribution >= 4 is 29.3 Å². The van der Waals surface area contributed by atoms with Crippen molar-refractivity contribution in [3.05, 3.63) is 64.4 Å². The lowest BCUT2D eigenvalue weighted by Crippen LogP contribution is -2.20. The van der Waals surface area contributed by atoms with Gasteiger partial charge in [-0.05, 0) is 30.3 Å². The van der Waals surface area contributed by atoms with Crippen molar-refractivity contribution in [2.24, 2.45) is 0 Å². The van der Waals surface area contributed by atoms with E-state index < -0.39 is 34.9 Å². The fourth-order valence-electron chi connectivity index (χ4n) is 1.67. The van der Waals surface area contributed by atoms with E-state index in [1.165, 1.54) is 12.3 Å². The van der Waals surface area contributed by atoms with Crippen LogP contribution in [0.5, 0.6) is 0 Å². The Morgan fingerprint density at radius 3 is 2.83 bits per heavy atom. The number of nitrogens with zero attached hydrogens (tertiary/aromatic N) is 1. The van der Waals surface area contributed by atoms with E-state index in [0.717, 1.165) is 18.2 Å². The summed E-state index contributed by atoms with van der Waals surface area (Å²) in [6.07, 6.45) is 3.84. The average Bonchev–Trinajstić information content (AvgIpc) is 3.06. The van der Waals surface area contributed by atoms with Crippen LogP contribution < -0.4 is 5.32 Å². The highest BCUT2D eigenvalue weighted by Crippen LogP contribution is 2.24. The Labute approximate surface area is 134 Å². The van der Waals surface area contributed by atoms with Gasteiger partial charge in [0.05, 0.1) is 17.3 Å². The molecule has 0 aliphatic heterocycles. The molecule has 8 nitrogen and oxygen atoms in total. The van der Waals surface area contributed by atoms with E-state index in [1.54, 1.807) is 12.1 Å². The number of furan rings is 1.